The van der Waals surface area contributed by atoms with E-state index in [1.165, 1.54) is 0 Å². The summed E-state index contributed by atoms with van der Waals surface area (Å²) in [6.07, 6.45) is 0. The van der Waals surface area contributed by atoms with Gasteiger partial charge in [-0.1, -0.05) is 12.1 Å². The van der Waals surface area contributed by atoms with Gasteiger partial charge in [-0.05, 0) is 38.5 Å². The third-order valence-electron chi connectivity index (χ3n) is 4.65. The zero-order chi connectivity index (χ0) is 18.4. The van der Waals surface area contributed by atoms with Crippen LogP contribution < -0.4 is 5.32 Å². The molecule has 6 heteroatoms. The minimum absolute atomic E-state index is 0.0240. The van der Waals surface area contributed by atoms with Gasteiger partial charge in [-0.15, -0.1) is 0 Å². The Morgan fingerprint density at radius 1 is 1.24 bits per heavy atom. The quantitative estimate of drug-likeness (QED) is 0.870. The van der Waals surface area contributed by atoms with Crippen LogP contribution in [0.1, 0.15) is 31.9 Å². The second-order valence-electron chi connectivity index (χ2n) is 6.84. The molecule has 1 aliphatic rings. The summed E-state index contributed by atoms with van der Waals surface area (Å²) in [6.45, 7) is 9.31. The summed E-state index contributed by atoms with van der Waals surface area (Å²) in [7, 11) is 0. The number of nitrogens with one attached hydrogen (secondary N) is 1. The number of rotatable bonds is 5. The van der Waals surface area contributed by atoms with Gasteiger partial charge in [-0.3, -0.25) is 14.5 Å². The van der Waals surface area contributed by atoms with E-state index in [4.69, 9.17) is 5.26 Å². The number of benzene rings is 1. The lowest BCUT2D eigenvalue weighted by atomic mass is 9.82. The van der Waals surface area contributed by atoms with Crippen molar-refractivity contribution in [3.63, 3.8) is 0 Å². The van der Waals surface area contributed by atoms with Gasteiger partial charge in [-0.25, -0.2) is 0 Å². The topological polar surface area (TPSA) is 76.4 Å². The fraction of sp³-hybridized carbons (Fsp3) is 0.526. The van der Waals surface area contributed by atoms with E-state index in [0.29, 0.717) is 44.8 Å². The fourth-order valence-electron chi connectivity index (χ4n) is 3.06. The second-order valence-corrected chi connectivity index (χ2v) is 6.84. The summed E-state index contributed by atoms with van der Waals surface area (Å²) in [5.74, 6) is 0.0798. The standard InChI is InChI=1S/C19H26N4O2/c1-4-21-17(24)14-22-8-10-23(11-9-22)18(25)19(2,3)16-7-5-6-15(12-16)13-20/h5-7,12H,4,8-11,14H2,1-3H3,(H,21,24). The smallest absolute Gasteiger partial charge is 0.234 e. The van der Waals surface area contributed by atoms with Crippen molar-refractivity contribution < 1.29 is 9.59 Å². The number of amides is 2. The van der Waals surface area contributed by atoms with Crippen molar-refractivity contribution in [3.05, 3.63) is 35.4 Å². The van der Waals surface area contributed by atoms with Crippen molar-refractivity contribution in [2.75, 3.05) is 39.3 Å². The minimum atomic E-state index is -0.686. The van der Waals surface area contributed by atoms with E-state index in [1.807, 2.05) is 37.8 Å². The third-order valence-corrected chi connectivity index (χ3v) is 4.65. The molecule has 0 spiro atoms. The average molecular weight is 342 g/mol. The number of carbonyl (C=O) groups excluding carboxylic acids is 2. The first-order valence-corrected chi connectivity index (χ1v) is 8.67. The van der Waals surface area contributed by atoms with Crippen LogP contribution in [0.4, 0.5) is 0 Å². The molecule has 1 aromatic rings. The molecule has 0 aromatic heterocycles. The van der Waals surface area contributed by atoms with E-state index in [-0.39, 0.29) is 11.8 Å². The van der Waals surface area contributed by atoms with Crippen LogP contribution in [0.15, 0.2) is 24.3 Å². The number of likely N-dealkylation sites (N-methyl/N-ethyl adjacent to an activating group) is 1. The molecular weight excluding hydrogens is 316 g/mol. The zero-order valence-electron chi connectivity index (χ0n) is 15.2. The van der Waals surface area contributed by atoms with Crippen LogP contribution in [0.2, 0.25) is 0 Å². The molecule has 0 aliphatic carbocycles. The van der Waals surface area contributed by atoms with Crippen LogP contribution in [-0.2, 0) is 15.0 Å². The molecule has 0 atom stereocenters. The van der Waals surface area contributed by atoms with Gasteiger partial charge in [0.15, 0.2) is 0 Å². The highest BCUT2D eigenvalue weighted by molar-refractivity contribution is 5.87. The van der Waals surface area contributed by atoms with Crippen molar-refractivity contribution in [2.24, 2.45) is 0 Å². The van der Waals surface area contributed by atoms with Crippen molar-refractivity contribution in [1.82, 2.24) is 15.1 Å². The molecule has 0 unspecified atom stereocenters. The maximum absolute atomic E-state index is 13.0. The Labute approximate surface area is 149 Å². The Morgan fingerprint density at radius 3 is 2.52 bits per heavy atom. The number of hydrogen-bond donors (Lipinski definition) is 1. The van der Waals surface area contributed by atoms with Gasteiger partial charge < -0.3 is 10.2 Å². The molecule has 0 saturated carbocycles. The molecule has 134 valence electrons. The van der Waals surface area contributed by atoms with Crippen molar-refractivity contribution in [1.29, 1.82) is 5.26 Å². The monoisotopic (exact) mass is 342 g/mol. The molecule has 1 aliphatic heterocycles. The van der Waals surface area contributed by atoms with Crippen LogP contribution in [-0.4, -0.2) is 60.9 Å². The minimum Gasteiger partial charge on any atom is -0.355 e. The summed E-state index contributed by atoms with van der Waals surface area (Å²) < 4.78 is 0. The molecule has 2 amide bonds. The zero-order valence-corrected chi connectivity index (χ0v) is 15.2. The molecule has 1 N–H and O–H groups in total. The number of nitriles is 1. The van der Waals surface area contributed by atoms with Crippen molar-refractivity contribution in [2.45, 2.75) is 26.2 Å². The molecule has 6 nitrogen and oxygen atoms in total. The van der Waals surface area contributed by atoms with E-state index in [1.54, 1.807) is 12.1 Å². The summed E-state index contributed by atoms with van der Waals surface area (Å²) in [5.41, 5.74) is 0.723. The Bertz CT molecular complexity index is 670. The normalized spacial score (nSPS) is 15.5. The highest BCUT2D eigenvalue weighted by Crippen LogP contribution is 2.27. The van der Waals surface area contributed by atoms with Gasteiger partial charge in [-0.2, -0.15) is 5.26 Å². The van der Waals surface area contributed by atoms with Crippen LogP contribution >= 0.6 is 0 Å². The SMILES string of the molecule is CCNC(=O)CN1CCN(C(=O)C(C)(C)c2cccc(C#N)c2)CC1. The maximum Gasteiger partial charge on any atom is 0.234 e. The average Bonchev–Trinajstić information content (AvgIpc) is 2.62. The van der Waals surface area contributed by atoms with Crippen LogP contribution in [0.5, 0.6) is 0 Å². The first-order chi connectivity index (χ1) is 11.9. The number of piperazine rings is 1. The van der Waals surface area contributed by atoms with Crippen molar-refractivity contribution >= 4 is 11.8 Å². The van der Waals surface area contributed by atoms with Gasteiger partial charge in [0.2, 0.25) is 11.8 Å². The van der Waals surface area contributed by atoms with E-state index in [0.717, 1.165) is 5.56 Å². The van der Waals surface area contributed by atoms with Crippen molar-refractivity contribution in [3.8, 4) is 6.07 Å². The molecule has 0 radical (unpaired) electrons. The molecule has 2 rings (SSSR count). The van der Waals surface area contributed by atoms with E-state index < -0.39 is 5.41 Å². The molecule has 1 aromatic carbocycles. The highest BCUT2D eigenvalue weighted by atomic mass is 16.2. The second kappa shape index (κ2) is 8.13. The van der Waals surface area contributed by atoms with Crippen LogP contribution in [0, 0.1) is 11.3 Å². The Hall–Kier alpha value is -2.39. The third kappa shape index (κ3) is 4.58. The molecule has 1 saturated heterocycles. The molecule has 1 fully saturated rings. The molecular formula is C19H26N4O2. The van der Waals surface area contributed by atoms with Crippen LogP contribution in [0.3, 0.4) is 0 Å². The Kier molecular flexibility index (Phi) is 6.16. The lowest BCUT2D eigenvalue weighted by molar-refractivity contribution is -0.138. The number of hydrogen-bond acceptors (Lipinski definition) is 4. The van der Waals surface area contributed by atoms with Gasteiger partial charge in [0.05, 0.1) is 23.6 Å². The first-order valence-electron chi connectivity index (χ1n) is 8.67. The van der Waals surface area contributed by atoms with Gasteiger partial charge in [0.25, 0.3) is 0 Å². The predicted octanol–water partition coefficient (Wildman–Crippen LogP) is 1.12. The lowest BCUT2D eigenvalue weighted by Gasteiger charge is -2.38. The van der Waals surface area contributed by atoms with Crippen LogP contribution in [0.25, 0.3) is 0 Å². The van der Waals surface area contributed by atoms with Gasteiger partial charge in [0, 0.05) is 32.7 Å². The maximum atomic E-state index is 13.0. The Morgan fingerprint density at radius 2 is 1.92 bits per heavy atom. The van der Waals surface area contributed by atoms with E-state index >= 15 is 0 Å². The summed E-state index contributed by atoms with van der Waals surface area (Å²) in [4.78, 5) is 28.6. The summed E-state index contributed by atoms with van der Waals surface area (Å²) in [5, 5.41) is 11.9. The largest absolute Gasteiger partial charge is 0.355 e. The lowest BCUT2D eigenvalue weighted by Crippen LogP contribution is -2.54. The molecule has 0 bridgehead atoms. The number of carbonyl (C=O) groups is 2. The molecule has 1 heterocycles. The van der Waals surface area contributed by atoms with Gasteiger partial charge in [0.1, 0.15) is 0 Å². The summed E-state index contributed by atoms with van der Waals surface area (Å²) >= 11 is 0. The van der Waals surface area contributed by atoms with Gasteiger partial charge >= 0.3 is 0 Å². The van der Waals surface area contributed by atoms with E-state index in [2.05, 4.69) is 16.3 Å². The number of nitrogens with zero attached hydrogens (tertiary/aromatic N) is 3. The predicted molar refractivity (Wildman–Crippen MR) is 95.9 cm³/mol. The highest BCUT2D eigenvalue weighted by Gasteiger charge is 2.35. The summed E-state index contributed by atoms with van der Waals surface area (Å²) in [6, 6.07) is 9.35. The first kappa shape index (κ1) is 18.9. The Balaban J connectivity index is 1.99. The fourth-order valence-corrected chi connectivity index (χ4v) is 3.06. The molecule has 25 heavy (non-hydrogen) atoms. The van der Waals surface area contributed by atoms with E-state index in [9.17, 15) is 9.59 Å².